The van der Waals surface area contributed by atoms with Gasteiger partial charge in [-0.15, -0.1) is 0 Å². The monoisotopic (exact) mass is 626 g/mol. The van der Waals surface area contributed by atoms with Crippen molar-refractivity contribution in [3.05, 3.63) is 123 Å². The zero-order valence-corrected chi connectivity index (χ0v) is 25.1. The van der Waals surface area contributed by atoms with E-state index in [4.69, 9.17) is 27.6 Å². The number of carbonyl (C=O) groups excluding carboxylic acids is 2. The molecule has 4 rings (SSSR count). The molecule has 1 aromatic heterocycles. The maximum atomic E-state index is 13.6. The molecule has 0 unspecified atom stereocenters. The van der Waals surface area contributed by atoms with E-state index >= 15 is 0 Å². The van der Waals surface area contributed by atoms with Gasteiger partial charge in [-0.1, -0.05) is 77.3 Å². The summed E-state index contributed by atoms with van der Waals surface area (Å²) in [6.07, 6.45) is 1.21. The molecule has 0 radical (unpaired) electrons. The minimum absolute atomic E-state index is 0.0388. The van der Waals surface area contributed by atoms with E-state index in [9.17, 15) is 18.0 Å². The molecule has 0 aliphatic carbocycles. The molecule has 0 aliphatic rings. The molecule has 218 valence electrons. The summed E-state index contributed by atoms with van der Waals surface area (Å²) < 4.78 is 34.2. The molecule has 0 bridgehead atoms. The van der Waals surface area contributed by atoms with E-state index in [1.54, 1.807) is 61.5 Å². The molecule has 1 heterocycles. The van der Waals surface area contributed by atoms with Crippen LogP contribution in [0.4, 0.5) is 0 Å². The Morgan fingerprint density at radius 1 is 0.952 bits per heavy atom. The Morgan fingerprint density at radius 2 is 1.67 bits per heavy atom. The molecule has 0 saturated heterocycles. The molecular weight excluding hydrogens is 599 g/mol. The van der Waals surface area contributed by atoms with Crippen LogP contribution >= 0.6 is 23.2 Å². The van der Waals surface area contributed by atoms with Gasteiger partial charge in [-0.25, -0.2) is 13.8 Å². The zero-order valence-electron chi connectivity index (χ0n) is 22.8. The second-order valence-electron chi connectivity index (χ2n) is 9.43. The minimum atomic E-state index is -3.95. The van der Waals surface area contributed by atoms with Crippen LogP contribution in [0, 0.1) is 6.92 Å². The highest BCUT2D eigenvalue weighted by atomic mass is 35.5. The number of halogens is 2. The van der Waals surface area contributed by atoms with Crippen molar-refractivity contribution in [1.29, 1.82) is 0 Å². The maximum absolute atomic E-state index is 13.6. The van der Waals surface area contributed by atoms with Gasteiger partial charge in [-0.3, -0.25) is 9.59 Å². The molecule has 0 aliphatic heterocycles. The van der Waals surface area contributed by atoms with Crippen molar-refractivity contribution < 1.29 is 22.4 Å². The van der Waals surface area contributed by atoms with Crippen LogP contribution < -0.4 is 10.7 Å². The van der Waals surface area contributed by atoms with Crippen LogP contribution in [0.25, 0.3) is 0 Å². The lowest BCUT2D eigenvalue weighted by molar-refractivity contribution is -0.139. The van der Waals surface area contributed by atoms with Crippen molar-refractivity contribution in [2.24, 2.45) is 5.10 Å². The van der Waals surface area contributed by atoms with E-state index in [0.29, 0.717) is 21.4 Å². The van der Waals surface area contributed by atoms with Gasteiger partial charge in [0.2, 0.25) is 10.0 Å². The number of rotatable bonds is 10. The average Bonchev–Trinajstić information content (AvgIpc) is 3.41. The second kappa shape index (κ2) is 13.8. The third-order valence-corrected chi connectivity index (χ3v) is 8.64. The summed E-state index contributed by atoms with van der Waals surface area (Å²) in [5.74, 6) is -1.24. The van der Waals surface area contributed by atoms with E-state index in [1.165, 1.54) is 10.5 Å². The van der Waals surface area contributed by atoms with Gasteiger partial charge in [0.25, 0.3) is 0 Å². The van der Waals surface area contributed by atoms with Gasteiger partial charge in [0.05, 0.1) is 23.7 Å². The first-order valence-corrected chi connectivity index (χ1v) is 15.0. The number of hydrogen-bond donors (Lipinski definition) is 2. The lowest BCUT2D eigenvalue weighted by Gasteiger charge is -2.22. The Kier molecular flexibility index (Phi) is 10.2. The molecular formula is C30H28Cl2N4O5S. The van der Waals surface area contributed by atoms with Crippen LogP contribution in [-0.4, -0.2) is 30.8 Å². The number of hydrazone groups is 1. The van der Waals surface area contributed by atoms with Crippen molar-refractivity contribution in [2.75, 3.05) is 0 Å². The number of aryl methyl sites for hydroxylation is 1. The highest BCUT2D eigenvalue weighted by molar-refractivity contribution is 7.89. The van der Waals surface area contributed by atoms with Gasteiger partial charge < -0.3 is 9.73 Å². The topological polar surface area (TPSA) is 121 Å². The summed E-state index contributed by atoms with van der Waals surface area (Å²) in [5, 5.41) is 7.15. The zero-order chi connectivity index (χ0) is 30.3. The van der Waals surface area contributed by atoms with Crippen LogP contribution in [0.5, 0.6) is 0 Å². The summed E-state index contributed by atoms with van der Waals surface area (Å²) in [4.78, 5) is 24.5. The Labute approximate surface area is 254 Å². The summed E-state index contributed by atoms with van der Waals surface area (Å²) >= 11 is 12.4. The number of nitrogens with one attached hydrogen (secondary N) is 2. The third kappa shape index (κ3) is 8.07. The number of hydrogen-bond acceptors (Lipinski definition) is 6. The van der Waals surface area contributed by atoms with Crippen molar-refractivity contribution >= 4 is 51.3 Å². The number of carbonyl (C=O) groups is 2. The first kappa shape index (κ1) is 31.0. The largest absolute Gasteiger partial charge is 0.459 e. The fourth-order valence-corrected chi connectivity index (χ4v) is 5.79. The predicted octanol–water partition coefficient (Wildman–Crippen LogP) is 5.61. The van der Waals surface area contributed by atoms with Gasteiger partial charge in [0, 0.05) is 16.6 Å². The van der Waals surface area contributed by atoms with E-state index < -0.39 is 21.8 Å². The molecule has 2 N–H and O–H groups in total. The van der Waals surface area contributed by atoms with Crippen molar-refractivity contribution in [2.45, 2.75) is 37.9 Å². The molecule has 4 aromatic rings. The van der Waals surface area contributed by atoms with Crippen LogP contribution in [0.15, 0.2) is 99.3 Å². The Balaban J connectivity index is 1.44. The summed E-state index contributed by atoms with van der Waals surface area (Å²) in [7, 11) is -3.95. The van der Waals surface area contributed by atoms with Crippen LogP contribution in [0.2, 0.25) is 10.0 Å². The quantitative estimate of drug-likeness (QED) is 0.135. The number of benzene rings is 3. The van der Waals surface area contributed by atoms with E-state index in [2.05, 4.69) is 15.8 Å². The third-order valence-electron chi connectivity index (χ3n) is 6.25. The summed E-state index contributed by atoms with van der Waals surface area (Å²) in [6.45, 7) is 3.48. The summed E-state index contributed by atoms with van der Waals surface area (Å²) in [6, 6.07) is 23.4. The van der Waals surface area contributed by atoms with Crippen LogP contribution in [-0.2, 0) is 32.7 Å². The van der Waals surface area contributed by atoms with E-state index in [0.717, 1.165) is 11.1 Å². The highest BCUT2D eigenvalue weighted by Crippen LogP contribution is 2.27. The van der Waals surface area contributed by atoms with Crippen LogP contribution in [0.1, 0.15) is 41.2 Å². The van der Waals surface area contributed by atoms with Gasteiger partial charge in [-0.05, 0) is 61.4 Å². The maximum Gasteiger partial charge on any atom is 0.329 e. The van der Waals surface area contributed by atoms with Crippen molar-refractivity contribution in [1.82, 2.24) is 15.0 Å². The number of furan rings is 1. The molecule has 1 atom stereocenters. The fourth-order valence-electron chi connectivity index (χ4n) is 3.94. The summed E-state index contributed by atoms with van der Waals surface area (Å²) in [5.41, 5.74) is 4.49. The lowest BCUT2D eigenvalue weighted by Crippen LogP contribution is -2.39. The first-order valence-electron chi connectivity index (χ1n) is 12.8. The Morgan fingerprint density at radius 3 is 2.36 bits per heavy atom. The van der Waals surface area contributed by atoms with Gasteiger partial charge in [0.15, 0.2) is 0 Å². The fraction of sp³-hybridized carbons (Fsp3) is 0.167. The molecule has 0 fully saturated rings. The molecule has 2 amide bonds. The number of nitrogens with zero attached hydrogens (tertiary/aromatic N) is 2. The van der Waals surface area contributed by atoms with E-state index in [-0.39, 0.29) is 29.8 Å². The minimum Gasteiger partial charge on any atom is -0.459 e. The average molecular weight is 628 g/mol. The highest BCUT2D eigenvalue weighted by Gasteiger charge is 2.27. The van der Waals surface area contributed by atoms with Crippen molar-refractivity contribution in [3.63, 3.8) is 0 Å². The smallest absolute Gasteiger partial charge is 0.329 e. The molecule has 0 saturated carbocycles. The first-order chi connectivity index (χ1) is 20.0. The molecule has 0 spiro atoms. The lowest BCUT2D eigenvalue weighted by atomic mass is 10.1. The SMILES string of the molecule is Cc1ccc(S(=O)(=O)N(Cc2ccc(/C=N/NC(=O)C(=O)N[C@H](C)c3ccccc3)o2)Cc2ccc(Cl)cc2Cl)cc1. The van der Waals surface area contributed by atoms with Gasteiger partial charge in [-0.2, -0.15) is 9.41 Å². The normalized spacial score (nSPS) is 12.4. The Hall–Kier alpha value is -3.96. The van der Waals surface area contributed by atoms with Crippen LogP contribution in [0.3, 0.4) is 0 Å². The van der Waals surface area contributed by atoms with Gasteiger partial charge in [0.1, 0.15) is 11.5 Å². The molecule has 12 heteroatoms. The molecule has 42 heavy (non-hydrogen) atoms. The number of sulfonamides is 1. The molecule has 3 aromatic carbocycles. The second-order valence-corrected chi connectivity index (χ2v) is 12.2. The van der Waals surface area contributed by atoms with E-state index in [1.807, 2.05) is 37.3 Å². The molecule has 9 nitrogen and oxygen atoms in total. The van der Waals surface area contributed by atoms with Crippen molar-refractivity contribution in [3.8, 4) is 0 Å². The standard InChI is InChI=1S/C30H28Cl2N4O5S/c1-20-8-14-27(15-9-20)42(39,40)36(18-23-10-11-24(31)16-28(23)32)19-26-13-12-25(41-26)17-33-35-30(38)29(37)34-21(2)22-6-4-3-5-7-22/h3-17,21H,18-19H2,1-2H3,(H,34,37)(H,35,38)/b33-17+/t21-/m1/s1. The van der Waals surface area contributed by atoms with Gasteiger partial charge >= 0.3 is 11.8 Å². The number of amides is 2. The Bertz CT molecular complexity index is 1690. The predicted molar refractivity (Wildman–Crippen MR) is 162 cm³/mol.